The van der Waals surface area contributed by atoms with E-state index in [0.717, 1.165) is 6.20 Å². The minimum absolute atomic E-state index is 0.0787. The van der Waals surface area contributed by atoms with Crippen molar-refractivity contribution < 1.29 is 9.18 Å². The lowest BCUT2D eigenvalue weighted by atomic mass is 10.6. The van der Waals surface area contributed by atoms with Crippen molar-refractivity contribution in [2.75, 3.05) is 5.32 Å². The molecule has 1 aromatic rings. The van der Waals surface area contributed by atoms with Gasteiger partial charge in [-0.3, -0.25) is 9.89 Å². The van der Waals surface area contributed by atoms with Gasteiger partial charge in [0.05, 0.1) is 6.20 Å². The summed E-state index contributed by atoms with van der Waals surface area (Å²) in [6, 6.07) is 0. The quantitative estimate of drug-likeness (QED) is 0.557. The van der Waals surface area contributed by atoms with E-state index >= 15 is 0 Å². The molecule has 1 amide bonds. The molecule has 0 aliphatic carbocycles. The normalized spacial score (nSPS) is 9.00. The predicted octanol–water partition coefficient (Wildman–Crippen LogP) is 0.117. The van der Waals surface area contributed by atoms with Crippen LogP contribution in [0.3, 0.4) is 0 Å². The Balaban J connectivity index is 2.80. The zero-order valence-corrected chi connectivity index (χ0v) is 4.39. The van der Waals surface area contributed by atoms with Crippen molar-refractivity contribution in [3.05, 3.63) is 12.0 Å². The second-order valence-electron chi connectivity index (χ2n) is 1.34. The molecule has 48 valence electrons. The number of carbonyl (C=O) groups is 1. The number of nitrogens with zero attached hydrogens (tertiary/aromatic N) is 1. The molecule has 0 aromatic carbocycles. The standard InChI is InChI=1S/C4H4FN3O/c5-3-1-7-8-4(3)6-2-9/h1-2H,(H2,6,7,8,9). The van der Waals surface area contributed by atoms with Crippen molar-refractivity contribution in [3.63, 3.8) is 0 Å². The number of aromatic nitrogens is 2. The first-order valence-corrected chi connectivity index (χ1v) is 2.24. The van der Waals surface area contributed by atoms with Crippen LogP contribution in [-0.2, 0) is 4.79 Å². The first-order chi connectivity index (χ1) is 4.34. The maximum absolute atomic E-state index is 12.2. The van der Waals surface area contributed by atoms with Crippen molar-refractivity contribution in [1.29, 1.82) is 0 Å². The minimum atomic E-state index is -0.567. The molecule has 5 heteroatoms. The summed E-state index contributed by atoms with van der Waals surface area (Å²) >= 11 is 0. The van der Waals surface area contributed by atoms with Gasteiger partial charge in [-0.1, -0.05) is 0 Å². The number of hydrogen-bond donors (Lipinski definition) is 2. The first kappa shape index (κ1) is 5.74. The molecule has 1 aromatic heterocycles. The smallest absolute Gasteiger partial charge is 0.212 e. The molecule has 0 saturated carbocycles. The first-order valence-electron chi connectivity index (χ1n) is 2.24. The number of hydrogen-bond acceptors (Lipinski definition) is 2. The summed E-state index contributed by atoms with van der Waals surface area (Å²) < 4.78 is 12.2. The highest BCUT2D eigenvalue weighted by Gasteiger charge is 2.00. The average Bonchev–Trinajstić information content (AvgIpc) is 2.18. The van der Waals surface area contributed by atoms with Crippen LogP contribution in [0.15, 0.2) is 6.20 Å². The molecule has 1 heterocycles. The van der Waals surface area contributed by atoms with Crippen LogP contribution in [0.5, 0.6) is 0 Å². The molecule has 0 spiro atoms. The predicted molar refractivity (Wildman–Crippen MR) is 28.2 cm³/mol. The summed E-state index contributed by atoms with van der Waals surface area (Å²) in [7, 11) is 0. The van der Waals surface area contributed by atoms with Crippen LogP contribution in [0.25, 0.3) is 0 Å². The fraction of sp³-hybridized carbons (Fsp3) is 0. The minimum Gasteiger partial charge on any atom is -0.309 e. The van der Waals surface area contributed by atoms with Crippen LogP contribution in [-0.4, -0.2) is 16.6 Å². The molecule has 0 aliphatic rings. The molecule has 0 saturated heterocycles. The van der Waals surface area contributed by atoms with E-state index in [-0.39, 0.29) is 5.82 Å². The Bertz CT molecular complexity index is 209. The number of H-pyrrole nitrogens is 1. The van der Waals surface area contributed by atoms with Crippen LogP contribution in [0, 0.1) is 5.82 Å². The van der Waals surface area contributed by atoms with Gasteiger partial charge in [0.15, 0.2) is 11.6 Å². The second-order valence-corrected chi connectivity index (χ2v) is 1.34. The van der Waals surface area contributed by atoms with Crippen molar-refractivity contribution >= 4 is 12.2 Å². The molecular formula is C4H4FN3O. The lowest BCUT2D eigenvalue weighted by Gasteiger charge is -1.86. The number of carbonyl (C=O) groups excluding carboxylic acids is 1. The Morgan fingerprint density at radius 3 is 3.11 bits per heavy atom. The number of aromatic amines is 1. The van der Waals surface area contributed by atoms with Crippen LogP contribution < -0.4 is 5.32 Å². The summed E-state index contributed by atoms with van der Waals surface area (Å²) in [6.45, 7) is 0. The van der Waals surface area contributed by atoms with Crippen molar-refractivity contribution in [3.8, 4) is 0 Å². The van der Waals surface area contributed by atoms with E-state index in [2.05, 4.69) is 15.5 Å². The van der Waals surface area contributed by atoms with E-state index in [9.17, 15) is 9.18 Å². The maximum atomic E-state index is 12.2. The third kappa shape index (κ3) is 1.04. The van der Waals surface area contributed by atoms with Crippen molar-refractivity contribution in [1.82, 2.24) is 10.2 Å². The number of anilines is 1. The molecule has 0 bridgehead atoms. The summed E-state index contributed by atoms with van der Waals surface area (Å²) in [4.78, 5) is 9.69. The summed E-state index contributed by atoms with van der Waals surface area (Å²) in [5, 5.41) is 7.66. The van der Waals surface area contributed by atoms with Gasteiger partial charge in [0, 0.05) is 0 Å². The molecule has 9 heavy (non-hydrogen) atoms. The van der Waals surface area contributed by atoms with E-state index in [1.54, 1.807) is 0 Å². The third-order valence-corrected chi connectivity index (χ3v) is 0.789. The van der Waals surface area contributed by atoms with Gasteiger partial charge in [-0.05, 0) is 0 Å². The highest BCUT2D eigenvalue weighted by molar-refractivity contribution is 5.68. The zero-order valence-electron chi connectivity index (χ0n) is 4.39. The van der Waals surface area contributed by atoms with Gasteiger partial charge in [0.2, 0.25) is 6.41 Å². The summed E-state index contributed by atoms with van der Waals surface area (Å²) in [5.74, 6) is -0.646. The zero-order chi connectivity index (χ0) is 6.69. The monoisotopic (exact) mass is 129 g/mol. The molecule has 0 radical (unpaired) electrons. The molecule has 0 aliphatic heterocycles. The van der Waals surface area contributed by atoms with Gasteiger partial charge < -0.3 is 5.32 Å². The molecule has 0 fully saturated rings. The number of halogens is 1. The molecule has 2 N–H and O–H groups in total. The van der Waals surface area contributed by atoms with Crippen molar-refractivity contribution in [2.45, 2.75) is 0 Å². The Morgan fingerprint density at radius 2 is 2.67 bits per heavy atom. The molecule has 1 rings (SSSR count). The Morgan fingerprint density at radius 1 is 1.89 bits per heavy atom. The third-order valence-electron chi connectivity index (χ3n) is 0.789. The fourth-order valence-corrected chi connectivity index (χ4v) is 0.432. The van der Waals surface area contributed by atoms with E-state index in [1.165, 1.54) is 0 Å². The molecule has 0 atom stereocenters. The van der Waals surface area contributed by atoms with Gasteiger partial charge in [-0.25, -0.2) is 4.39 Å². The van der Waals surface area contributed by atoms with E-state index in [0.29, 0.717) is 6.41 Å². The van der Waals surface area contributed by atoms with Crippen LogP contribution in [0.1, 0.15) is 0 Å². The lowest BCUT2D eigenvalue weighted by molar-refractivity contribution is -0.105. The van der Waals surface area contributed by atoms with Gasteiger partial charge in [-0.15, -0.1) is 0 Å². The summed E-state index contributed by atoms with van der Waals surface area (Å²) in [5.41, 5.74) is 0. The average molecular weight is 129 g/mol. The van der Waals surface area contributed by atoms with E-state index in [1.807, 2.05) is 0 Å². The summed E-state index contributed by atoms with van der Waals surface area (Å²) in [6.07, 6.45) is 1.41. The highest BCUT2D eigenvalue weighted by Crippen LogP contribution is 2.04. The van der Waals surface area contributed by atoms with Crippen molar-refractivity contribution in [2.24, 2.45) is 0 Å². The lowest BCUT2D eigenvalue weighted by Crippen LogP contribution is -1.95. The van der Waals surface area contributed by atoms with Crippen LogP contribution in [0.4, 0.5) is 10.2 Å². The number of rotatable bonds is 2. The topological polar surface area (TPSA) is 57.8 Å². The molecular weight excluding hydrogens is 125 g/mol. The van der Waals surface area contributed by atoms with Crippen LogP contribution >= 0.6 is 0 Å². The number of amides is 1. The van der Waals surface area contributed by atoms with E-state index in [4.69, 9.17) is 0 Å². The second kappa shape index (κ2) is 2.25. The fourth-order valence-electron chi connectivity index (χ4n) is 0.432. The SMILES string of the molecule is O=CNc1n[nH]cc1F. The maximum Gasteiger partial charge on any atom is 0.212 e. The highest BCUT2D eigenvalue weighted by atomic mass is 19.1. The number of nitrogens with one attached hydrogen (secondary N) is 2. The largest absolute Gasteiger partial charge is 0.309 e. The Kier molecular flexibility index (Phi) is 1.44. The van der Waals surface area contributed by atoms with Gasteiger partial charge in [0.25, 0.3) is 0 Å². The Hall–Kier alpha value is -1.39. The van der Waals surface area contributed by atoms with Gasteiger partial charge in [-0.2, -0.15) is 5.10 Å². The molecule has 0 unspecified atom stereocenters. The Labute approximate surface area is 50.1 Å². The molecule has 4 nitrogen and oxygen atoms in total. The van der Waals surface area contributed by atoms with Gasteiger partial charge >= 0.3 is 0 Å². The van der Waals surface area contributed by atoms with E-state index < -0.39 is 5.82 Å². The van der Waals surface area contributed by atoms with Gasteiger partial charge in [0.1, 0.15) is 0 Å². The van der Waals surface area contributed by atoms with Crippen LogP contribution in [0.2, 0.25) is 0 Å².